The van der Waals surface area contributed by atoms with Gasteiger partial charge in [-0.1, -0.05) is 25.1 Å². The topological polar surface area (TPSA) is 24.1 Å². The van der Waals surface area contributed by atoms with E-state index >= 15 is 0 Å². The molecule has 3 heteroatoms. The Morgan fingerprint density at radius 3 is 2.74 bits per heavy atom. The molecule has 19 heavy (non-hydrogen) atoms. The average molecular weight is 272 g/mol. The fraction of sp³-hybridized carbons (Fsp3) is 0.375. The predicted molar refractivity (Wildman–Crippen MR) is 81.2 cm³/mol. The van der Waals surface area contributed by atoms with Crippen LogP contribution in [0.4, 0.5) is 0 Å². The van der Waals surface area contributed by atoms with Crippen molar-refractivity contribution < 1.29 is 0 Å². The molecule has 0 amide bonds. The first-order chi connectivity index (χ1) is 9.35. The van der Waals surface area contributed by atoms with Gasteiger partial charge in [0.25, 0.3) is 0 Å². The Kier molecular flexibility index (Phi) is 3.97. The number of thiophene rings is 1. The molecule has 2 aromatic rings. The van der Waals surface area contributed by atoms with Gasteiger partial charge < -0.3 is 10.6 Å². The quantitative estimate of drug-likeness (QED) is 0.873. The molecular weight excluding hydrogens is 252 g/mol. The average Bonchev–Trinajstić information content (AvgIpc) is 3.06. The molecular formula is C16H20N2S. The predicted octanol–water partition coefficient (Wildman–Crippen LogP) is 3.20. The fourth-order valence-electron chi connectivity index (χ4n) is 2.50. The van der Waals surface area contributed by atoms with Crippen molar-refractivity contribution in [3.05, 3.63) is 56.8 Å². The van der Waals surface area contributed by atoms with Crippen LogP contribution in [-0.4, -0.2) is 0 Å². The largest absolute Gasteiger partial charge is 0.309 e. The summed E-state index contributed by atoms with van der Waals surface area (Å²) < 4.78 is 0. The van der Waals surface area contributed by atoms with E-state index < -0.39 is 0 Å². The summed E-state index contributed by atoms with van der Waals surface area (Å²) in [5.74, 6) is 0. The van der Waals surface area contributed by atoms with Crippen LogP contribution in [0, 0.1) is 0 Å². The third kappa shape index (κ3) is 3.06. The molecule has 0 unspecified atom stereocenters. The van der Waals surface area contributed by atoms with Crippen LogP contribution in [0.25, 0.3) is 0 Å². The van der Waals surface area contributed by atoms with Gasteiger partial charge in [-0.25, -0.2) is 0 Å². The third-order valence-electron chi connectivity index (χ3n) is 3.60. The SMILES string of the molecule is CCc1ccc(CNCc2ccc3c(c2)CNC3)s1. The summed E-state index contributed by atoms with van der Waals surface area (Å²) in [5.41, 5.74) is 4.30. The van der Waals surface area contributed by atoms with Crippen molar-refractivity contribution in [2.45, 2.75) is 39.5 Å². The first kappa shape index (κ1) is 12.9. The van der Waals surface area contributed by atoms with Crippen LogP contribution < -0.4 is 10.6 Å². The number of fused-ring (bicyclic) bond motifs is 1. The first-order valence-electron chi connectivity index (χ1n) is 6.95. The summed E-state index contributed by atoms with van der Waals surface area (Å²) in [4.78, 5) is 2.90. The summed E-state index contributed by atoms with van der Waals surface area (Å²) in [7, 11) is 0. The number of hydrogen-bond donors (Lipinski definition) is 2. The maximum atomic E-state index is 3.54. The van der Waals surface area contributed by atoms with Gasteiger partial charge in [0.05, 0.1) is 0 Å². The second kappa shape index (κ2) is 5.87. The van der Waals surface area contributed by atoms with Gasteiger partial charge in [0.1, 0.15) is 0 Å². The normalized spacial score (nSPS) is 13.7. The molecule has 1 aromatic heterocycles. The van der Waals surface area contributed by atoms with Gasteiger partial charge >= 0.3 is 0 Å². The van der Waals surface area contributed by atoms with Crippen LogP contribution in [0.3, 0.4) is 0 Å². The fourth-order valence-corrected chi connectivity index (χ4v) is 3.42. The van der Waals surface area contributed by atoms with Crippen molar-refractivity contribution in [2.75, 3.05) is 0 Å². The highest BCUT2D eigenvalue weighted by atomic mass is 32.1. The zero-order valence-electron chi connectivity index (χ0n) is 11.3. The van der Waals surface area contributed by atoms with E-state index in [1.807, 2.05) is 11.3 Å². The maximum Gasteiger partial charge on any atom is 0.0303 e. The van der Waals surface area contributed by atoms with Crippen LogP contribution in [0.1, 0.15) is 33.4 Å². The summed E-state index contributed by atoms with van der Waals surface area (Å²) in [6.45, 7) is 6.18. The molecule has 0 radical (unpaired) electrons. The molecule has 100 valence electrons. The lowest BCUT2D eigenvalue weighted by molar-refractivity contribution is 0.700. The van der Waals surface area contributed by atoms with Crippen molar-refractivity contribution in [3.63, 3.8) is 0 Å². The molecule has 1 aliphatic rings. The van der Waals surface area contributed by atoms with Crippen LogP contribution in [0.2, 0.25) is 0 Å². The molecule has 0 atom stereocenters. The Morgan fingerprint density at radius 2 is 1.89 bits per heavy atom. The number of hydrogen-bond acceptors (Lipinski definition) is 3. The molecule has 0 saturated carbocycles. The van der Waals surface area contributed by atoms with Crippen LogP contribution in [-0.2, 0) is 32.6 Å². The minimum absolute atomic E-state index is 0.951. The zero-order chi connectivity index (χ0) is 13.1. The molecule has 0 spiro atoms. The number of benzene rings is 1. The molecule has 2 heterocycles. The molecule has 2 nitrogen and oxygen atoms in total. The minimum atomic E-state index is 0.951. The van der Waals surface area contributed by atoms with Gasteiger partial charge in [0.15, 0.2) is 0 Å². The standard InChI is InChI=1S/C16H20N2S/c1-2-15-5-6-16(19-15)11-17-8-12-3-4-13-9-18-10-14(13)7-12/h3-7,17-18H,2,8-11H2,1H3. The van der Waals surface area contributed by atoms with Crippen molar-refractivity contribution in [2.24, 2.45) is 0 Å². The van der Waals surface area contributed by atoms with Gasteiger partial charge in [-0.3, -0.25) is 0 Å². The van der Waals surface area contributed by atoms with Crippen LogP contribution in [0.15, 0.2) is 30.3 Å². The first-order valence-corrected chi connectivity index (χ1v) is 7.76. The van der Waals surface area contributed by atoms with E-state index in [2.05, 4.69) is 47.9 Å². The summed E-state index contributed by atoms with van der Waals surface area (Å²) in [6.07, 6.45) is 1.14. The lowest BCUT2D eigenvalue weighted by Crippen LogP contribution is -2.11. The molecule has 0 bridgehead atoms. The molecule has 1 aromatic carbocycles. The van der Waals surface area contributed by atoms with E-state index in [0.717, 1.165) is 32.6 Å². The Bertz CT molecular complexity index is 560. The summed E-state index contributed by atoms with van der Waals surface area (Å²) >= 11 is 1.92. The van der Waals surface area contributed by atoms with Crippen LogP contribution in [0.5, 0.6) is 0 Å². The molecule has 3 rings (SSSR count). The molecule has 0 saturated heterocycles. The lowest BCUT2D eigenvalue weighted by atomic mass is 10.1. The van der Waals surface area contributed by atoms with E-state index in [1.165, 1.54) is 26.4 Å². The van der Waals surface area contributed by atoms with E-state index in [1.54, 1.807) is 0 Å². The van der Waals surface area contributed by atoms with Gasteiger partial charge in [-0.15, -0.1) is 11.3 Å². The van der Waals surface area contributed by atoms with Gasteiger partial charge in [-0.2, -0.15) is 0 Å². The van der Waals surface area contributed by atoms with Crippen molar-refractivity contribution >= 4 is 11.3 Å². The second-order valence-corrected chi connectivity index (χ2v) is 6.28. The number of rotatable bonds is 5. The van der Waals surface area contributed by atoms with Crippen molar-refractivity contribution in [1.29, 1.82) is 0 Å². The highest BCUT2D eigenvalue weighted by Gasteiger charge is 2.09. The Hall–Kier alpha value is -1.16. The highest BCUT2D eigenvalue weighted by molar-refractivity contribution is 7.11. The minimum Gasteiger partial charge on any atom is -0.309 e. The van der Waals surface area contributed by atoms with E-state index in [0.29, 0.717) is 0 Å². The monoisotopic (exact) mass is 272 g/mol. The van der Waals surface area contributed by atoms with Crippen molar-refractivity contribution in [1.82, 2.24) is 10.6 Å². The van der Waals surface area contributed by atoms with E-state index in [9.17, 15) is 0 Å². The Balaban J connectivity index is 1.54. The summed E-state index contributed by atoms with van der Waals surface area (Å²) in [6, 6.07) is 11.3. The van der Waals surface area contributed by atoms with E-state index in [4.69, 9.17) is 0 Å². The smallest absolute Gasteiger partial charge is 0.0303 e. The van der Waals surface area contributed by atoms with Gasteiger partial charge in [-0.05, 0) is 35.2 Å². The third-order valence-corrected chi connectivity index (χ3v) is 4.83. The second-order valence-electron chi connectivity index (χ2n) is 5.03. The Labute approximate surface area is 118 Å². The molecule has 2 N–H and O–H groups in total. The van der Waals surface area contributed by atoms with Crippen LogP contribution >= 0.6 is 11.3 Å². The highest BCUT2D eigenvalue weighted by Crippen LogP contribution is 2.18. The molecule has 1 aliphatic heterocycles. The van der Waals surface area contributed by atoms with Crippen molar-refractivity contribution in [3.8, 4) is 0 Å². The van der Waals surface area contributed by atoms with Gasteiger partial charge in [0.2, 0.25) is 0 Å². The Morgan fingerprint density at radius 1 is 1.05 bits per heavy atom. The maximum absolute atomic E-state index is 3.54. The molecule has 0 aliphatic carbocycles. The zero-order valence-corrected chi connectivity index (χ0v) is 12.1. The number of nitrogens with one attached hydrogen (secondary N) is 2. The molecule has 0 fully saturated rings. The number of aryl methyl sites for hydroxylation is 1. The lowest BCUT2D eigenvalue weighted by Gasteiger charge is -2.06. The summed E-state index contributed by atoms with van der Waals surface area (Å²) in [5, 5.41) is 6.92. The van der Waals surface area contributed by atoms with Gasteiger partial charge in [0, 0.05) is 35.9 Å². The van der Waals surface area contributed by atoms with E-state index in [-0.39, 0.29) is 0 Å².